The van der Waals surface area contributed by atoms with Crippen LogP contribution in [0.4, 0.5) is 30.6 Å². The molecule has 36 heteroatoms. The number of nitrogens with zero attached hydrogens (tertiary/aromatic N) is 15. The number of hydrogen-bond acceptors (Lipinski definition) is 30. The van der Waals surface area contributed by atoms with Crippen LogP contribution in [0.2, 0.25) is 0 Å². The average Bonchev–Trinajstić information content (AvgIpc) is 1.58. The first-order valence-corrected chi connectivity index (χ1v) is 36.9. The van der Waals surface area contributed by atoms with Gasteiger partial charge in [0.15, 0.2) is 66.4 Å². The Kier molecular flexibility index (Phi) is 18.8. The summed E-state index contributed by atoms with van der Waals surface area (Å²) < 4.78 is 214. The minimum absolute atomic E-state index is 0.00869. The van der Waals surface area contributed by atoms with Gasteiger partial charge in [0.05, 0.1) is 88.3 Å². The van der Waals surface area contributed by atoms with E-state index in [-0.39, 0.29) is 129 Å². The van der Waals surface area contributed by atoms with Gasteiger partial charge in [-0.15, -0.1) is 15.3 Å². The molecule has 18 atom stereocenters. The fraction of sp³-hybridized carbons (Fsp3) is 0.583. The Morgan fingerprint density at radius 1 is 0.463 bits per heavy atom. The zero-order valence-corrected chi connectivity index (χ0v) is 61.2. The van der Waals surface area contributed by atoms with Gasteiger partial charge in [-0.25, -0.2) is 57.1 Å². The Bertz CT molecular complexity index is 5550. The van der Waals surface area contributed by atoms with E-state index in [1.165, 1.54) is 27.6 Å². The van der Waals surface area contributed by atoms with Crippen molar-refractivity contribution in [2.24, 2.45) is 0 Å². The average molecular weight is 1570 g/mol. The van der Waals surface area contributed by atoms with Crippen molar-refractivity contribution >= 4 is 86.2 Å². The number of rotatable bonds is 30. The van der Waals surface area contributed by atoms with Gasteiger partial charge in [-0.1, -0.05) is 108 Å². The second-order valence-corrected chi connectivity index (χ2v) is 28.7. The monoisotopic (exact) mass is 1570 g/mol. The van der Waals surface area contributed by atoms with E-state index < -0.39 is 159 Å². The molecule has 9 aromatic rings. The summed E-state index contributed by atoms with van der Waals surface area (Å²) in [6.07, 6.45) is -15.9. The first-order valence-electron chi connectivity index (χ1n) is 43.9. The number of thioether (sulfide) groups is 3. The minimum atomic E-state index is -3.40. The Labute approximate surface area is 659 Å². The van der Waals surface area contributed by atoms with E-state index >= 15 is 0 Å². The minimum Gasteiger partial charge on any atom is -0.394 e. The summed E-state index contributed by atoms with van der Waals surface area (Å²) >= 11 is 1.58. The lowest BCUT2D eigenvalue weighted by Gasteiger charge is -2.17. The Balaban J connectivity index is 0.000000163. The molecule has 6 fully saturated rings. The zero-order valence-electron chi connectivity index (χ0n) is 77.7. The lowest BCUT2D eigenvalue weighted by molar-refractivity contribution is -0.0629. The Morgan fingerprint density at radius 3 is 1.12 bits per heavy atom. The molecule has 0 bridgehead atoms. The molecule has 0 spiro atoms. The summed E-state index contributed by atoms with van der Waals surface area (Å²) in [6.45, 7) is -1.59. The highest BCUT2D eigenvalue weighted by Crippen LogP contribution is 2.48. The molecular weight excluding hydrogens is 1460 g/mol. The molecule has 12 N–H and O–H groups in total. The van der Waals surface area contributed by atoms with Crippen LogP contribution < -0.4 is 16.0 Å². The second-order valence-electron chi connectivity index (χ2n) is 26.3. The predicted molar refractivity (Wildman–Crippen MR) is 398 cm³/mol. The largest absolute Gasteiger partial charge is 0.394 e. The molecule has 30 nitrogen and oxygen atoms in total. The third-order valence-electron chi connectivity index (χ3n) is 19.2. The number of fused-ring (bicyclic) bond motifs is 3. The molecule has 6 heterocycles. The SMILES string of the molecule is [2H]C([2H])(C)C([2H])([2H])Sc1nc(N[C@]2([2H])C[C@H]2c2ccc(C)c(F)c2)c2nnn([C@@H]3C[C@H](OCCO)[C@@H](O)[C@H]3O)c2n1.[2H]C([2H])(CC)Sc1nc(N[C@]2([2H])C[C@H]2c2ccc(C)c(F)c2)c2nnn([C@@H]3C[C@H](OC([2H])([2H])C([2H])([2H])O)[C@@H](O)[C@H]3O)c2n1.[2H]C([2H])(O)CO[C@H]1C[C@@H](n2nnc3c(N[C@]4([2H])C[C@H]4c4ccc(C)c(F)c4)nc(SC([2H])([2H])C([2H])([2H])C)nc32)[C@H](O)[C@@H]1O. The maximum absolute atomic E-state index is 14.2. The summed E-state index contributed by atoms with van der Waals surface area (Å²) in [7, 11) is 0. The standard InChI is InChI=1S/3C24H31FN6O4S/c3*1-3-8-36-24-27-22(26-16-10-14(16)13-5-4-12(2)15(25)9-13)19-23(28-24)31(30-29-19)17-11-18(35-7-6-32)21(34)20(17)33/h3*4-5,9,14,16-18,20-21,32-34H,3,6-8,10-11H2,1-2H3,(H,26,27,28)/t3*14-,16+,17+,18-,20-,21+/m000/s1/i6D2,7D2,8D2,16D;3D2,6D2,8D2,16D;3D2,8D2,16D. The van der Waals surface area contributed by atoms with E-state index in [4.69, 9.17) is 45.4 Å². The Morgan fingerprint density at radius 2 is 0.806 bits per heavy atom. The van der Waals surface area contributed by atoms with Crippen LogP contribution in [0.1, 0.15) is 174 Å². The van der Waals surface area contributed by atoms with Gasteiger partial charge in [-0.05, 0) is 111 Å². The van der Waals surface area contributed by atoms with E-state index in [2.05, 4.69) is 76.8 Å². The van der Waals surface area contributed by atoms with Crippen molar-refractivity contribution in [2.75, 3.05) is 72.6 Å². The molecule has 15 rings (SSSR count). The van der Waals surface area contributed by atoms with Crippen LogP contribution in [-0.2, 0) is 14.2 Å². The van der Waals surface area contributed by atoms with Crippen LogP contribution in [-0.4, -0.2) is 250 Å². The number of anilines is 3. The van der Waals surface area contributed by atoms with Gasteiger partial charge < -0.3 is 76.1 Å². The molecule has 6 saturated carbocycles. The quantitative estimate of drug-likeness (QED) is 0.0168. The first-order chi connectivity index (χ1) is 58.8. The molecule has 6 aliphatic rings. The number of benzene rings is 3. The molecule has 0 amide bonds. The van der Waals surface area contributed by atoms with Crippen LogP contribution in [0.5, 0.6) is 0 Å². The molecule has 582 valence electrons. The van der Waals surface area contributed by atoms with Crippen molar-refractivity contribution in [3.63, 3.8) is 0 Å². The van der Waals surface area contributed by atoms with Crippen molar-refractivity contribution < 1.29 is 99.4 Å². The predicted octanol–water partition coefficient (Wildman–Crippen LogP) is 6.55. The van der Waals surface area contributed by atoms with E-state index in [9.17, 15) is 54.0 Å². The third-order valence-corrected chi connectivity index (χ3v) is 21.3. The molecule has 3 aromatic carbocycles. The summed E-state index contributed by atoms with van der Waals surface area (Å²) in [5, 5.41) is 125. The highest BCUT2D eigenvalue weighted by Gasteiger charge is 2.49. The number of nitrogens with one attached hydrogen (secondary N) is 3. The van der Waals surface area contributed by atoms with Crippen molar-refractivity contribution in [2.45, 2.75) is 224 Å². The van der Waals surface area contributed by atoms with E-state index in [0.29, 0.717) is 76.2 Å². The highest BCUT2D eigenvalue weighted by molar-refractivity contribution is 7.99. The zero-order chi connectivity index (χ0) is 93.3. The maximum atomic E-state index is 14.2. The number of aromatic nitrogens is 15. The van der Waals surface area contributed by atoms with Crippen LogP contribution in [0.3, 0.4) is 0 Å². The molecule has 6 aromatic heterocycles. The summed E-state index contributed by atoms with van der Waals surface area (Å²) in [5.41, 5.74) is -3.08. The normalized spacial score (nSPS) is 33.3. The first kappa shape index (κ1) is 57.8. The molecular formula is C72H93F3N18O12S3. The lowest BCUT2D eigenvalue weighted by atomic mass is 10.1. The summed E-state index contributed by atoms with van der Waals surface area (Å²) in [5.74, 6) is -2.24. The third kappa shape index (κ3) is 17.5. The molecule has 0 unspecified atom stereocenters. The second kappa shape index (κ2) is 35.1. The van der Waals surface area contributed by atoms with Crippen LogP contribution in [0, 0.1) is 38.2 Å². The smallest absolute Gasteiger partial charge is 0.191 e. The molecule has 6 aliphatic carbocycles. The summed E-state index contributed by atoms with van der Waals surface area (Å²) in [4.78, 5) is 26.3. The molecule has 0 radical (unpaired) electrons. The number of ether oxygens (including phenoxy) is 3. The number of aliphatic hydroxyl groups is 9. The molecule has 0 saturated heterocycles. The topological polar surface area (TPSA) is 415 Å². The molecule has 108 heavy (non-hydrogen) atoms. The van der Waals surface area contributed by atoms with Gasteiger partial charge in [0.1, 0.15) is 54.1 Å². The van der Waals surface area contributed by atoms with Crippen molar-refractivity contribution in [1.29, 1.82) is 0 Å². The highest BCUT2D eigenvalue weighted by atomic mass is 32.2. The number of hydrogen-bond donors (Lipinski definition) is 12. The van der Waals surface area contributed by atoms with E-state index in [0.717, 1.165) is 30.3 Å². The van der Waals surface area contributed by atoms with Gasteiger partial charge >= 0.3 is 0 Å². The fourth-order valence-electron chi connectivity index (χ4n) is 13.1. The number of aryl methyl sites for hydroxylation is 3. The maximum Gasteiger partial charge on any atom is 0.191 e. The summed E-state index contributed by atoms with van der Waals surface area (Å²) in [6, 6.07) is 7.45. The van der Waals surface area contributed by atoms with Crippen molar-refractivity contribution in [1.82, 2.24) is 74.9 Å². The van der Waals surface area contributed by atoms with Crippen LogP contribution >= 0.6 is 35.3 Å². The van der Waals surface area contributed by atoms with Crippen molar-refractivity contribution in [3.05, 3.63) is 105 Å². The number of aliphatic hydroxyl groups excluding tert-OH is 7. The van der Waals surface area contributed by atoms with Gasteiger partial charge in [0, 0.05) is 85.9 Å². The van der Waals surface area contributed by atoms with Gasteiger partial charge in [0.25, 0.3) is 0 Å². The van der Waals surface area contributed by atoms with Crippen molar-refractivity contribution in [3.8, 4) is 0 Å². The van der Waals surface area contributed by atoms with Gasteiger partial charge in [-0.2, -0.15) is 0 Å². The fourth-order valence-corrected chi connectivity index (χ4v) is 14.6. The van der Waals surface area contributed by atoms with E-state index in [1.54, 1.807) is 64.1 Å². The molecule has 0 aliphatic heterocycles. The lowest BCUT2D eigenvalue weighted by Crippen LogP contribution is -2.33. The Hall–Kier alpha value is -7.14. The van der Waals surface area contributed by atoms with Gasteiger partial charge in [-0.3, -0.25) is 0 Å². The van der Waals surface area contributed by atoms with Gasteiger partial charge in [0.2, 0.25) is 0 Å². The number of halogens is 3. The van der Waals surface area contributed by atoms with Crippen LogP contribution in [0.25, 0.3) is 33.5 Å². The van der Waals surface area contributed by atoms with Crippen LogP contribution in [0.15, 0.2) is 70.1 Å². The van der Waals surface area contributed by atoms with E-state index in [1.807, 2.05) is 0 Å².